The number of carbonyl (C=O) groups excluding carboxylic acids is 1. The predicted octanol–water partition coefficient (Wildman–Crippen LogP) is 3.77. The maximum atomic E-state index is 12.2. The molecular formula is C20H16N2O3S. The molecule has 0 atom stereocenters. The number of thiazole rings is 1. The van der Waals surface area contributed by atoms with Gasteiger partial charge in [0.1, 0.15) is 5.75 Å². The molecule has 0 unspecified atom stereocenters. The van der Waals surface area contributed by atoms with Crippen molar-refractivity contribution in [2.75, 3.05) is 11.9 Å². The fraction of sp³-hybridized carbons (Fsp3) is 0.100. The highest BCUT2D eigenvalue weighted by Gasteiger charge is 2.08. The summed E-state index contributed by atoms with van der Waals surface area (Å²) in [4.78, 5) is 23.8. The Balaban J connectivity index is 1.44. The number of carbonyl (C=O) groups is 1. The van der Waals surface area contributed by atoms with Crippen molar-refractivity contribution in [3.05, 3.63) is 70.3 Å². The summed E-state index contributed by atoms with van der Waals surface area (Å²) in [6.07, 6.45) is 0. The molecule has 1 aromatic heterocycles. The topological polar surface area (TPSA) is 60.3 Å². The molecule has 4 rings (SSSR count). The van der Waals surface area contributed by atoms with Crippen molar-refractivity contribution in [3.63, 3.8) is 0 Å². The van der Waals surface area contributed by atoms with Crippen LogP contribution in [0.1, 0.15) is 0 Å². The van der Waals surface area contributed by atoms with Gasteiger partial charge in [0.05, 0.1) is 10.2 Å². The lowest BCUT2D eigenvalue weighted by molar-refractivity contribution is -0.118. The molecule has 0 aliphatic rings. The summed E-state index contributed by atoms with van der Waals surface area (Å²) in [5, 5.41) is 4.99. The zero-order valence-electron chi connectivity index (χ0n) is 14.1. The Morgan fingerprint density at radius 3 is 2.73 bits per heavy atom. The summed E-state index contributed by atoms with van der Waals surface area (Å²) >= 11 is 1.16. The van der Waals surface area contributed by atoms with Crippen LogP contribution in [0.4, 0.5) is 5.69 Å². The summed E-state index contributed by atoms with van der Waals surface area (Å²) in [6.45, 7) is -0.0819. The Labute approximate surface area is 153 Å². The molecule has 0 fully saturated rings. The number of rotatable bonds is 4. The molecule has 130 valence electrons. The van der Waals surface area contributed by atoms with Gasteiger partial charge >= 0.3 is 4.87 Å². The zero-order valence-corrected chi connectivity index (χ0v) is 14.9. The van der Waals surface area contributed by atoms with E-state index < -0.39 is 0 Å². The van der Waals surface area contributed by atoms with Crippen LogP contribution >= 0.6 is 11.3 Å². The molecule has 0 aliphatic carbocycles. The highest BCUT2D eigenvalue weighted by molar-refractivity contribution is 7.16. The van der Waals surface area contributed by atoms with E-state index in [0.717, 1.165) is 32.3 Å². The van der Waals surface area contributed by atoms with Gasteiger partial charge in [-0.15, -0.1) is 0 Å². The smallest absolute Gasteiger partial charge is 0.307 e. The van der Waals surface area contributed by atoms with Gasteiger partial charge in [-0.05, 0) is 41.1 Å². The van der Waals surface area contributed by atoms with Crippen molar-refractivity contribution in [3.8, 4) is 5.75 Å². The summed E-state index contributed by atoms with van der Waals surface area (Å²) in [7, 11) is 1.73. The van der Waals surface area contributed by atoms with Crippen molar-refractivity contribution in [2.24, 2.45) is 7.05 Å². The number of benzene rings is 3. The maximum absolute atomic E-state index is 12.2. The fourth-order valence-electron chi connectivity index (χ4n) is 2.81. The highest BCUT2D eigenvalue weighted by atomic mass is 32.1. The van der Waals surface area contributed by atoms with E-state index in [4.69, 9.17) is 4.74 Å². The Morgan fingerprint density at radius 1 is 1.08 bits per heavy atom. The number of nitrogens with one attached hydrogen (secondary N) is 1. The van der Waals surface area contributed by atoms with Crippen molar-refractivity contribution in [1.29, 1.82) is 0 Å². The molecule has 0 bridgehead atoms. The van der Waals surface area contributed by atoms with Crippen LogP contribution in [0.3, 0.4) is 0 Å². The van der Waals surface area contributed by atoms with Crippen molar-refractivity contribution in [1.82, 2.24) is 4.57 Å². The lowest BCUT2D eigenvalue weighted by Crippen LogP contribution is -2.20. The van der Waals surface area contributed by atoms with Gasteiger partial charge in [-0.1, -0.05) is 41.7 Å². The molecule has 0 spiro atoms. The van der Waals surface area contributed by atoms with E-state index >= 15 is 0 Å². The van der Waals surface area contributed by atoms with Gasteiger partial charge in [0.25, 0.3) is 5.91 Å². The van der Waals surface area contributed by atoms with Crippen LogP contribution in [-0.2, 0) is 11.8 Å². The standard InChI is InChI=1S/C20H16N2O3S/c1-22-17-9-7-15(11-18(17)26-20(22)24)21-19(23)12-25-16-8-6-13-4-2-3-5-14(13)10-16/h2-11H,12H2,1H3,(H,21,23). The zero-order chi connectivity index (χ0) is 18.1. The van der Waals surface area contributed by atoms with E-state index in [1.54, 1.807) is 23.7 Å². The molecule has 3 aromatic carbocycles. The molecule has 6 heteroatoms. The first-order chi connectivity index (χ1) is 12.6. The first-order valence-electron chi connectivity index (χ1n) is 8.11. The monoisotopic (exact) mass is 364 g/mol. The number of aryl methyl sites for hydroxylation is 1. The molecule has 0 radical (unpaired) electrons. The number of anilines is 1. The first-order valence-corrected chi connectivity index (χ1v) is 8.93. The molecular weight excluding hydrogens is 348 g/mol. The molecule has 0 saturated heterocycles. The number of amides is 1. The summed E-state index contributed by atoms with van der Waals surface area (Å²) in [6, 6.07) is 19.1. The molecule has 1 N–H and O–H groups in total. The van der Waals surface area contributed by atoms with E-state index in [9.17, 15) is 9.59 Å². The second-order valence-corrected chi connectivity index (χ2v) is 6.95. The number of nitrogens with zero attached hydrogens (tertiary/aromatic N) is 1. The molecule has 5 nitrogen and oxygen atoms in total. The number of hydrogen-bond acceptors (Lipinski definition) is 4. The van der Waals surface area contributed by atoms with E-state index in [0.29, 0.717) is 11.4 Å². The number of aromatic nitrogens is 1. The third-order valence-electron chi connectivity index (χ3n) is 4.17. The Hall–Kier alpha value is -3.12. The summed E-state index contributed by atoms with van der Waals surface area (Å²) in [5.41, 5.74) is 1.50. The van der Waals surface area contributed by atoms with Crippen LogP contribution in [0.25, 0.3) is 21.0 Å². The van der Waals surface area contributed by atoms with Gasteiger partial charge in [0, 0.05) is 12.7 Å². The first kappa shape index (κ1) is 16.4. The van der Waals surface area contributed by atoms with E-state index in [1.165, 1.54) is 0 Å². The Bertz CT molecular complexity index is 1180. The van der Waals surface area contributed by atoms with Crippen LogP contribution in [0.5, 0.6) is 5.75 Å². The van der Waals surface area contributed by atoms with Gasteiger partial charge < -0.3 is 14.6 Å². The largest absolute Gasteiger partial charge is 0.484 e. The molecule has 1 heterocycles. The third-order valence-corrected chi connectivity index (χ3v) is 5.16. The average Bonchev–Trinajstić information content (AvgIpc) is 2.93. The SMILES string of the molecule is Cn1c(=O)sc2cc(NC(=O)COc3ccc4ccccc4c3)ccc21. The van der Waals surface area contributed by atoms with Crippen molar-refractivity contribution in [2.45, 2.75) is 0 Å². The minimum atomic E-state index is -0.249. The lowest BCUT2D eigenvalue weighted by atomic mass is 10.1. The molecule has 26 heavy (non-hydrogen) atoms. The summed E-state index contributed by atoms with van der Waals surface area (Å²) < 4.78 is 8.03. The number of hydrogen-bond donors (Lipinski definition) is 1. The van der Waals surface area contributed by atoms with Crippen molar-refractivity contribution < 1.29 is 9.53 Å². The molecule has 1 amide bonds. The van der Waals surface area contributed by atoms with Crippen LogP contribution in [0.2, 0.25) is 0 Å². The predicted molar refractivity (Wildman–Crippen MR) is 105 cm³/mol. The number of ether oxygens (including phenoxy) is 1. The normalized spacial score (nSPS) is 11.0. The van der Waals surface area contributed by atoms with Crippen LogP contribution < -0.4 is 14.9 Å². The second-order valence-electron chi connectivity index (χ2n) is 5.96. The second kappa shape index (κ2) is 6.65. The minimum absolute atomic E-state index is 0.0249. The maximum Gasteiger partial charge on any atom is 0.307 e. The van der Waals surface area contributed by atoms with Gasteiger partial charge in [-0.2, -0.15) is 0 Å². The third kappa shape index (κ3) is 3.19. The van der Waals surface area contributed by atoms with Gasteiger partial charge in [0.2, 0.25) is 0 Å². The average molecular weight is 364 g/mol. The van der Waals surface area contributed by atoms with E-state index in [2.05, 4.69) is 5.32 Å². The van der Waals surface area contributed by atoms with Gasteiger partial charge in [-0.3, -0.25) is 9.59 Å². The van der Waals surface area contributed by atoms with Crippen LogP contribution in [0.15, 0.2) is 65.5 Å². The number of fused-ring (bicyclic) bond motifs is 2. The van der Waals surface area contributed by atoms with E-state index in [-0.39, 0.29) is 17.4 Å². The highest BCUT2D eigenvalue weighted by Crippen LogP contribution is 2.22. The molecule has 4 aromatic rings. The molecule has 0 saturated carbocycles. The fourth-order valence-corrected chi connectivity index (χ4v) is 3.73. The van der Waals surface area contributed by atoms with Crippen molar-refractivity contribution >= 4 is 43.9 Å². The van der Waals surface area contributed by atoms with Crippen LogP contribution in [-0.4, -0.2) is 17.1 Å². The Morgan fingerprint density at radius 2 is 1.88 bits per heavy atom. The lowest BCUT2D eigenvalue weighted by Gasteiger charge is -2.08. The minimum Gasteiger partial charge on any atom is -0.484 e. The van der Waals surface area contributed by atoms with Gasteiger partial charge in [0.15, 0.2) is 6.61 Å². The summed E-state index contributed by atoms with van der Waals surface area (Å²) in [5.74, 6) is 0.399. The molecule has 0 aliphatic heterocycles. The van der Waals surface area contributed by atoms with Crippen LogP contribution in [0, 0.1) is 0 Å². The van der Waals surface area contributed by atoms with Gasteiger partial charge in [-0.25, -0.2) is 0 Å². The van der Waals surface area contributed by atoms with E-state index in [1.807, 2.05) is 48.5 Å². The Kier molecular flexibility index (Phi) is 4.18. The quantitative estimate of drug-likeness (QED) is 0.600.